The van der Waals surface area contributed by atoms with Crippen LogP contribution in [0, 0.1) is 6.92 Å². The molecule has 240 valence electrons. The first kappa shape index (κ1) is 32.4. The van der Waals surface area contributed by atoms with Gasteiger partial charge in [0.2, 0.25) is 0 Å². The van der Waals surface area contributed by atoms with Crippen molar-refractivity contribution in [2.24, 2.45) is 0 Å². The van der Waals surface area contributed by atoms with Crippen molar-refractivity contribution in [3.05, 3.63) is 58.4 Å². The maximum absolute atomic E-state index is 13.5. The van der Waals surface area contributed by atoms with Gasteiger partial charge in [-0.15, -0.1) is 0 Å². The van der Waals surface area contributed by atoms with E-state index in [4.69, 9.17) is 29.0 Å². The summed E-state index contributed by atoms with van der Waals surface area (Å²) in [5, 5.41) is 5.01. The number of benzene rings is 1. The summed E-state index contributed by atoms with van der Waals surface area (Å²) < 4.78 is 26.6. The zero-order valence-corrected chi connectivity index (χ0v) is 27.5. The number of anilines is 1. The van der Waals surface area contributed by atoms with Crippen LogP contribution in [-0.2, 0) is 43.4 Å². The number of aryl methyl sites for hydroxylation is 2. The monoisotopic (exact) mass is 606 g/mol. The number of hydrogen-bond acceptors (Lipinski definition) is 8. The molecule has 4 bridgehead atoms. The predicted molar refractivity (Wildman–Crippen MR) is 171 cm³/mol. The molecule has 0 radical (unpaired) electrons. The van der Waals surface area contributed by atoms with Crippen LogP contribution in [0.4, 0.5) is 5.82 Å². The van der Waals surface area contributed by atoms with Crippen LogP contribution in [0.5, 0.6) is 0 Å². The minimum Gasteiger partial charge on any atom is -0.464 e. The SMILES string of the molecule is CCOC(=O)C(OC(C)(C)C)c1c(C)nc2cc3nn2c1N1CCC(C)(CC1)OCCCCCCc1ccccc1COC3. The minimum absolute atomic E-state index is 0.191. The van der Waals surface area contributed by atoms with Gasteiger partial charge in [0.1, 0.15) is 5.82 Å². The predicted octanol–water partition coefficient (Wildman–Crippen LogP) is 6.67. The fourth-order valence-electron chi connectivity index (χ4n) is 6.27. The quantitative estimate of drug-likeness (QED) is 0.305. The van der Waals surface area contributed by atoms with Crippen LogP contribution >= 0.6 is 0 Å². The molecule has 6 rings (SSSR count). The molecule has 5 heterocycles. The molecule has 0 amide bonds. The van der Waals surface area contributed by atoms with E-state index in [1.807, 2.05) is 45.2 Å². The number of piperidine rings is 1. The highest BCUT2D eigenvalue weighted by atomic mass is 16.6. The van der Waals surface area contributed by atoms with Crippen molar-refractivity contribution in [3.63, 3.8) is 0 Å². The smallest absolute Gasteiger partial charge is 0.340 e. The Bertz CT molecular complexity index is 1420. The number of nitrogens with zero attached hydrogens (tertiary/aromatic N) is 4. The molecule has 1 unspecified atom stereocenters. The molecular weight excluding hydrogens is 556 g/mol. The number of carbonyl (C=O) groups excluding carboxylic acids is 1. The topological polar surface area (TPSA) is 87.4 Å². The Kier molecular flexibility index (Phi) is 10.3. The van der Waals surface area contributed by atoms with Crippen LogP contribution in [-0.4, -0.2) is 58.1 Å². The molecule has 1 aromatic carbocycles. The Balaban J connectivity index is 1.56. The summed E-state index contributed by atoms with van der Waals surface area (Å²) in [6.45, 7) is 15.3. The summed E-state index contributed by atoms with van der Waals surface area (Å²) in [5.74, 6) is 0.400. The summed E-state index contributed by atoms with van der Waals surface area (Å²) in [6.07, 6.45) is 6.44. The molecule has 9 nitrogen and oxygen atoms in total. The van der Waals surface area contributed by atoms with Gasteiger partial charge in [-0.25, -0.2) is 9.78 Å². The maximum Gasteiger partial charge on any atom is 0.340 e. The summed E-state index contributed by atoms with van der Waals surface area (Å²) in [6, 6.07) is 10.5. The molecule has 0 spiro atoms. The second-order valence-electron chi connectivity index (χ2n) is 13.4. The van der Waals surface area contributed by atoms with E-state index in [1.165, 1.54) is 24.0 Å². The van der Waals surface area contributed by atoms with Gasteiger partial charge >= 0.3 is 5.97 Å². The summed E-state index contributed by atoms with van der Waals surface area (Å²) >= 11 is 0. The highest BCUT2D eigenvalue weighted by Gasteiger charge is 2.38. The third-order valence-electron chi connectivity index (χ3n) is 8.63. The number of rotatable bonds is 4. The molecule has 44 heavy (non-hydrogen) atoms. The molecule has 1 fully saturated rings. The normalized spacial score (nSPS) is 19.1. The van der Waals surface area contributed by atoms with Gasteiger partial charge in [-0.1, -0.05) is 37.1 Å². The van der Waals surface area contributed by atoms with Gasteiger partial charge in [0, 0.05) is 31.5 Å². The number of ether oxygens (including phenoxy) is 4. The van der Waals surface area contributed by atoms with Gasteiger partial charge in [-0.3, -0.25) is 0 Å². The summed E-state index contributed by atoms with van der Waals surface area (Å²) in [4.78, 5) is 20.7. The number of aromatic nitrogens is 3. The molecule has 3 aliphatic rings. The zero-order chi connectivity index (χ0) is 31.3. The summed E-state index contributed by atoms with van der Waals surface area (Å²) in [5.41, 5.74) is 4.71. The first-order valence-corrected chi connectivity index (χ1v) is 16.3. The Morgan fingerprint density at radius 1 is 1.07 bits per heavy atom. The minimum atomic E-state index is -0.947. The number of hydrogen-bond donors (Lipinski definition) is 0. The molecule has 9 heteroatoms. The van der Waals surface area contributed by atoms with E-state index in [0.717, 1.165) is 69.0 Å². The van der Waals surface area contributed by atoms with E-state index in [-0.39, 0.29) is 12.2 Å². The van der Waals surface area contributed by atoms with Crippen molar-refractivity contribution in [3.8, 4) is 0 Å². The summed E-state index contributed by atoms with van der Waals surface area (Å²) in [7, 11) is 0. The van der Waals surface area contributed by atoms with E-state index < -0.39 is 17.7 Å². The van der Waals surface area contributed by atoms with Crippen LogP contribution in [0.2, 0.25) is 0 Å². The lowest BCUT2D eigenvalue weighted by atomic mass is 9.92. The number of esters is 1. The van der Waals surface area contributed by atoms with E-state index in [1.54, 1.807) is 0 Å². The van der Waals surface area contributed by atoms with E-state index in [9.17, 15) is 4.79 Å². The highest BCUT2D eigenvalue weighted by Crippen LogP contribution is 2.38. The molecule has 0 saturated carbocycles. The van der Waals surface area contributed by atoms with E-state index in [2.05, 4.69) is 36.1 Å². The zero-order valence-electron chi connectivity index (χ0n) is 27.5. The van der Waals surface area contributed by atoms with Crippen molar-refractivity contribution in [1.82, 2.24) is 14.6 Å². The fourth-order valence-corrected chi connectivity index (χ4v) is 6.27. The van der Waals surface area contributed by atoms with Gasteiger partial charge < -0.3 is 23.8 Å². The van der Waals surface area contributed by atoms with Crippen LogP contribution in [0.25, 0.3) is 5.65 Å². The van der Waals surface area contributed by atoms with Crippen molar-refractivity contribution < 1.29 is 23.7 Å². The van der Waals surface area contributed by atoms with Gasteiger partial charge in [0.15, 0.2) is 11.8 Å². The maximum atomic E-state index is 13.5. The first-order valence-electron chi connectivity index (χ1n) is 16.3. The second kappa shape index (κ2) is 14.0. The Hall–Kier alpha value is -3.01. The average molecular weight is 607 g/mol. The molecular formula is C35H50N4O5. The van der Waals surface area contributed by atoms with Crippen molar-refractivity contribution in [1.29, 1.82) is 0 Å². The van der Waals surface area contributed by atoms with Crippen LogP contribution < -0.4 is 4.90 Å². The van der Waals surface area contributed by atoms with Crippen LogP contribution in [0.1, 0.15) is 107 Å². The second-order valence-corrected chi connectivity index (χ2v) is 13.4. The molecule has 0 N–H and O–H groups in total. The number of fused-ring (bicyclic) bond motifs is 10. The largest absolute Gasteiger partial charge is 0.464 e. The molecule has 0 aliphatic carbocycles. The average Bonchev–Trinajstić information content (AvgIpc) is 3.37. The Labute approximate surface area is 262 Å². The molecule has 3 aromatic rings. The van der Waals surface area contributed by atoms with Gasteiger partial charge in [-0.2, -0.15) is 9.61 Å². The fraction of sp³-hybridized carbons (Fsp3) is 0.629. The number of carbonyl (C=O) groups is 1. The Morgan fingerprint density at radius 3 is 2.52 bits per heavy atom. The first-order chi connectivity index (χ1) is 21.1. The lowest BCUT2D eigenvalue weighted by molar-refractivity contribution is -0.166. The third kappa shape index (κ3) is 7.79. The van der Waals surface area contributed by atoms with Gasteiger partial charge in [0.05, 0.1) is 42.3 Å². The van der Waals surface area contributed by atoms with Gasteiger partial charge in [-0.05, 0) is 84.8 Å². The van der Waals surface area contributed by atoms with Crippen LogP contribution in [0.3, 0.4) is 0 Å². The standard InChI is InChI=1S/C35H50N4O5/c1-7-42-33(40)31(44-34(3,4)5)30-25(2)36-29-22-28-24-41-23-27-16-12-11-15-26(27)14-10-8-9-13-21-43-35(6)17-19-38(20-18-35)32(30)39(29)37-28/h11-12,15-16,22,31H,7-10,13-14,17-21,23-24H2,1-6H3. The lowest BCUT2D eigenvalue weighted by Crippen LogP contribution is -2.46. The van der Waals surface area contributed by atoms with Gasteiger partial charge in [0.25, 0.3) is 0 Å². The van der Waals surface area contributed by atoms with Crippen LogP contribution in [0.15, 0.2) is 30.3 Å². The molecule has 1 atom stereocenters. The highest BCUT2D eigenvalue weighted by molar-refractivity contribution is 5.80. The molecule has 2 aromatic heterocycles. The van der Waals surface area contributed by atoms with Crippen molar-refractivity contribution in [2.75, 3.05) is 31.2 Å². The van der Waals surface area contributed by atoms with E-state index in [0.29, 0.717) is 24.4 Å². The van der Waals surface area contributed by atoms with Crippen molar-refractivity contribution in [2.45, 2.75) is 117 Å². The molecule has 3 aliphatic heterocycles. The Morgan fingerprint density at radius 2 is 1.80 bits per heavy atom. The van der Waals surface area contributed by atoms with Crippen molar-refractivity contribution >= 4 is 17.4 Å². The third-order valence-corrected chi connectivity index (χ3v) is 8.63. The van der Waals surface area contributed by atoms with E-state index >= 15 is 0 Å². The molecule has 1 saturated heterocycles. The lowest BCUT2D eigenvalue weighted by Gasteiger charge is -2.41.